The Labute approximate surface area is 165 Å². The molecule has 1 fully saturated rings. The van der Waals surface area contributed by atoms with E-state index in [4.69, 9.17) is 0 Å². The smallest absolute Gasteiger partial charge is 0.251 e. The van der Waals surface area contributed by atoms with E-state index in [0.717, 1.165) is 74.6 Å². The van der Waals surface area contributed by atoms with Crippen LogP contribution in [0, 0.1) is 5.82 Å². The minimum Gasteiger partial charge on any atom is -0.385 e. The second-order valence-corrected chi connectivity index (χ2v) is 7.42. The van der Waals surface area contributed by atoms with Gasteiger partial charge in [-0.2, -0.15) is 0 Å². The summed E-state index contributed by atoms with van der Waals surface area (Å²) < 4.78 is 13.1. The van der Waals surface area contributed by atoms with Gasteiger partial charge in [-0.15, -0.1) is 0 Å². The molecule has 0 atom stereocenters. The number of hydrogen-bond acceptors (Lipinski definition) is 4. The summed E-state index contributed by atoms with van der Waals surface area (Å²) in [6.45, 7) is 6.18. The van der Waals surface area contributed by atoms with Crippen LogP contribution in [0.1, 0.15) is 22.3 Å². The van der Waals surface area contributed by atoms with Gasteiger partial charge in [0.05, 0.1) is 0 Å². The Morgan fingerprint density at radius 1 is 1.07 bits per heavy atom. The van der Waals surface area contributed by atoms with E-state index in [2.05, 4.69) is 20.4 Å². The molecule has 0 bridgehead atoms. The number of carbonyl (C=O) groups is 1. The number of nitrogens with zero attached hydrogens (tertiary/aromatic N) is 2. The maximum Gasteiger partial charge on any atom is 0.251 e. The first-order chi connectivity index (χ1) is 13.7. The van der Waals surface area contributed by atoms with Gasteiger partial charge >= 0.3 is 0 Å². The lowest BCUT2D eigenvalue weighted by Crippen LogP contribution is -2.48. The summed E-state index contributed by atoms with van der Waals surface area (Å²) in [5.74, 6) is -0.181. The van der Waals surface area contributed by atoms with Crippen LogP contribution < -0.4 is 15.5 Å². The van der Waals surface area contributed by atoms with E-state index in [-0.39, 0.29) is 11.7 Å². The Morgan fingerprint density at radius 3 is 2.64 bits per heavy atom. The standard InChI is InChI=1S/C22H27FN4O/c23-17-6-8-18(9-7-17)27-15-13-26(14-16-27)12-11-25-22(28)20-3-1-5-21-19(20)4-2-10-24-21/h1,3,5-9,24H,2,4,10-16H2,(H,25,28). The lowest BCUT2D eigenvalue weighted by molar-refractivity contribution is 0.0947. The number of carbonyl (C=O) groups excluding carboxylic acids is 1. The monoisotopic (exact) mass is 382 g/mol. The predicted octanol–water partition coefficient (Wildman–Crippen LogP) is 2.74. The van der Waals surface area contributed by atoms with Gasteiger partial charge in [0.2, 0.25) is 0 Å². The molecule has 0 spiro atoms. The Kier molecular flexibility index (Phi) is 5.76. The van der Waals surface area contributed by atoms with Crippen molar-refractivity contribution in [3.63, 3.8) is 0 Å². The minimum atomic E-state index is -0.200. The molecule has 2 N–H and O–H groups in total. The Hall–Kier alpha value is -2.60. The summed E-state index contributed by atoms with van der Waals surface area (Å²) in [6.07, 6.45) is 2.02. The zero-order valence-corrected chi connectivity index (χ0v) is 16.1. The number of anilines is 2. The molecular weight excluding hydrogens is 355 g/mol. The SMILES string of the molecule is O=C(NCCN1CCN(c2ccc(F)cc2)CC1)c1cccc2c1CCCN2. The summed E-state index contributed by atoms with van der Waals surface area (Å²) in [4.78, 5) is 17.3. The molecule has 1 saturated heterocycles. The number of amides is 1. The number of fused-ring (bicyclic) bond motifs is 1. The molecule has 0 radical (unpaired) electrons. The van der Waals surface area contributed by atoms with Crippen LogP contribution in [-0.2, 0) is 6.42 Å². The Morgan fingerprint density at radius 2 is 1.86 bits per heavy atom. The van der Waals surface area contributed by atoms with Gasteiger partial charge < -0.3 is 15.5 Å². The molecule has 4 rings (SSSR count). The topological polar surface area (TPSA) is 47.6 Å². The zero-order chi connectivity index (χ0) is 19.3. The van der Waals surface area contributed by atoms with Gasteiger partial charge in [0.15, 0.2) is 0 Å². The van der Waals surface area contributed by atoms with Crippen molar-refractivity contribution in [3.8, 4) is 0 Å². The summed E-state index contributed by atoms with van der Waals surface area (Å²) in [5.41, 5.74) is 4.10. The lowest BCUT2D eigenvalue weighted by atomic mass is 9.97. The molecule has 2 aliphatic rings. The second kappa shape index (κ2) is 8.61. The van der Waals surface area contributed by atoms with Crippen molar-refractivity contribution in [3.05, 3.63) is 59.4 Å². The molecule has 6 heteroatoms. The molecular formula is C22H27FN4O. The maximum atomic E-state index is 13.1. The van der Waals surface area contributed by atoms with Crippen molar-refractivity contribution in [2.45, 2.75) is 12.8 Å². The molecule has 2 aliphatic heterocycles. The highest BCUT2D eigenvalue weighted by molar-refractivity contribution is 5.97. The average Bonchev–Trinajstić information content (AvgIpc) is 2.74. The van der Waals surface area contributed by atoms with Crippen LogP contribution in [0.4, 0.5) is 15.8 Å². The summed E-state index contributed by atoms with van der Waals surface area (Å²) in [7, 11) is 0. The predicted molar refractivity (Wildman–Crippen MR) is 111 cm³/mol. The maximum absolute atomic E-state index is 13.1. The van der Waals surface area contributed by atoms with Gasteiger partial charge in [0, 0.05) is 62.8 Å². The summed E-state index contributed by atoms with van der Waals surface area (Å²) in [6, 6.07) is 12.6. The first kappa shape index (κ1) is 18.7. The average molecular weight is 382 g/mol. The molecule has 148 valence electrons. The first-order valence-corrected chi connectivity index (χ1v) is 10.1. The third-order valence-electron chi connectivity index (χ3n) is 5.62. The van der Waals surface area contributed by atoms with Crippen LogP contribution in [0.15, 0.2) is 42.5 Å². The quantitative estimate of drug-likeness (QED) is 0.835. The van der Waals surface area contributed by atoms with Crippen molar-refractivity contribution < 1.29 is 9.18 Å². The molecule has 2 aromatic carbocycles. The van der Waals surface area contributed by atoms with Gasteiger partial charge in [-0.05, 0) is 54.8 Å². The van der Waals surface area contributed by atoms with E-state index in [1.807, 2.05) is 30.3 Å². The number of rotatable bonds is 5. The van der Waals surface area contributed by atoms with Crippen molar-refractivity contribution in [2.24, 2.45) is 0 Å². The van der Waals surface area contributed by atoms with Crippen molar-refractivity contribution >= 4 is 17.3 Å². The second-order valence-electron chi connectivity index (χ2n) is 7.42. The third kappa shape index (κ3) is 4.28. The third-order valence-corrected chi connectivity index (χ3v) is 5.62. The van der Waals surface area contributed by atoms with E-state index in [0.29, 0.717) is 6.54 Å². The van der Waals surface area contributed by atoms with Crippen LogP contribution in [-0.4, -0.2) is 56.6 Å². The van der Waals surface area contributed by atoms with Gasteiger partial charge in [0.25, 0.3) is 5.91 Å². The number of nitrogens with one attached hydrogen (secondary N) is 2. The molecule has 0 aliphatic carbocycles. The van der Waals surface area contributed by atoms with E-state index in [1.165, 1.54) is 12.1 Å². The number of halogens is 1. The van der Waals surface area contributed by atoms with Crippen molar-refractivity contribution in [2.75, 3.05) is 56.0 Å². The Balaban J connectivity index is 1.24. The summed E-state index contributed by atoms with van der Waals surface area (Å²) in [5, 5.41) is 6.45. The fourth-order valence-corrected chi connectivity index (χ4v) is 4.03. The van der Waals surface area contributed by atoms with Crippen LogP contribution >= 0.6 is 0 Å². The normalized spacial score (nSPS) is 17.0. The lowest BCUT2D eigenvalue weighted by Gasteiger charge is -2.36. The Bertz CT molecular complexity index is 816. The van der Waals surface area contributed by atoms with Crippen LogP contribution in [0.2, 0.25) is 0 Å². The number of benzene rings is 2. The number of hydrogen-bond donors (Lipinski definition) is 2. The van der Waals surface area contributed by atoms with Crippen LogP contribution in [0.25, 0.3) is 0 Å². The van der Waals surface area contributed by atoms with Crippen molar-refractivity contribution in [1.82, 2.24) is 10.2 Å². The molecule has 0 saturated carbocycles. The molecule has 2 aromatic rings. The minimum absolute atomic E-state index is 0.0190. The number of piperazine rings is 1. The van der Waals surface area contributed by atoms with Crippen LogP contribution in [0.3, 0.4) is 0 Å². The first-order valence-electron chi connectivity index (χ1n) is 10.1. The molecule has 2 heterocycles. The van der Waals surface area contributed by atoms with Gasteiger partial charge in [-0.25, -0.2) is 4.39 Å². The fraction of sp³-hybridized carbons (Fsp3) is 0.409. The highest BCUT2D eigenvalue weighted by atomic mass is 19.1. The van der Waals surface area contributed by atoms with E-state index in [9.17, 15) is 9.18 Å². The zero-order valence-electron chi connectivity index (χ0n) is 16.1. The molecule has 0 aromatic heterocycles. The van der Waals surface area contributed by atoms with Gasteiger partial charge in [-0.1, -0.05) is 6.07 Å². The van der Waals surface area contributed by atoms with E-state index >= 15 is 0 Å². The highest BCUT2D eigenvalue weighted by Crippen LogP contribution is 2.25. The summed E-state index contributed by atoms with van der Waals surface area (Å²) >= 11 is 0. The molecule has 0 unspecified atom stereocenters. The fourth-order valence-electron chi connectivity index (χ4n) is 4.03. The van der Waals surface area contributed by atoms with E-state index in [1.54, 1.807) is 0 Å². The largest absolute Gasteiger partial charge is 0.385 e. The van der Waals surface area contributed by atoms with Gasteiger partial charge in [0.1, 0.15) is 5.82 Å². The van der Waals surface area contributed by atoms with E-state index < -0.39 is 0 Å². The van der Waals surface area contributed by atoms with Crippen molar-refractivity contribution in [1.29, 1.82) is 0 Å². The van der Waals surface area contributed by atoms with Crippen LogP contribution in [0.5, 0.6) is 0 Å². The molecule has 1 amide bonds. The molecule has 5 nitrogen and oxygen atoms in total. The molecule has 28 heavy (non-hydrogen) atoms. The highest BCUT2D eigenvalue weighted by Gasteiger charge is 2.19. The van der Waals surface area contributed by atoms with Gasteiger partial charge in [-0.3, -0.25) is 9.69 Å².